The van der Waals surface area contributed by atoms with E-state index in [0.717, 1.165) is 49.6 Å². The van der Waals surface area contributed by atoms with Crippen LogP contribution in [0, 0.1) is 5.92 Å². The number of anilines is 2. The second kappa shape index (κ2) is 9.97. The van der Waals surface area contributed by atoms with Crippen LogP contribution in [-0.4, -0.2) is 24.1 Å². The Bertz CT molecular complexity index is 600. The summed E-state index contributed by atoms with van der Waals surface area (Å²) in [6, 6.07) is 5.84. The molecule has 0 bridgehead atoms. The van der Waals surface area contributed by atoms with Gasteiger partial charge < -0.3 is 15.5 Å². The Labute approximate surface area is 161 Å². The molecule has 1 aromatic rings. The monoisotopic (exact) mass is 381 g/mol. The highest BCUT2D eigenvalue weighted by atomic mass is 35.5. The third-order valence-electron chi connectivity index (χ3n) is 4.59. The lowest BCUT2D eigenvalue weighted by Gasteiger charge is -2.32. The molecule has 138 valence electrons. The molecule has 6 heteroatoms. The number of carbonyl (C=O) groups is 1. The fraction of sp³-hybridized carbons (Fsp3) is 0.579. The van der Waals surface area contributed by atoms with Crippen molar-refractivity contribution in [3.05, 3.63) is 23.2 Å². The van der Waals surface area contributed by atoms with E-state index in [2.05, 4.69) is 29.4 Å². The van der Waals surface area contributed by atoms with Gasteiger partial charge in [0.2, 0.25) is 5.91 Å². The number of piperidine rings is 1. The topological polar surface area (TPSA) is 44.4 Å². The molecule has 25 heavy (non-hydrogen) atoms. The van der Waals surface area contributed by atoms with Crippen molar-refractivity contribution in [3.8, 4) is 0 Å². The van der Waals surface area contributed by atoms with Gasteiger partial charge in [-0.2, -0.15) is 0 Å². The average Bonchev–Trinajstić information content (AvgIpc) is 2.56. The third kappa shape index (κ3) is 6.48. The van der Waals surface area contributed by atoms with Crippen molar-refractivity contribution in [1.29, 1.82) is 0 Å². The van der Waals surface area contributed by atoms with Crippen LogP contribution in [0.5, 0.6) is 0 Å². The van der Waals surface area contributed by atoms with Crippen LogP contribution in [0.1, 0.15) is 52.4 Å². The quantitative estimate of drug-likeness (QED) is 0.539. The van der Waals surface area contributed by atoms with Gasteiger partial charge in [-0.3, -0.25) is 4.79 Å². The van der Waals surface area contributed by atoms with Crippen LogP contribution in [0.3, 0.4) is 0 Å². The molecule has 1 aliphatic rings. The normalized spacial score (nSPS) is 15.1. The first kappa shape index (κ1) is 20.0. The van der Waals surface area contributed by atoms with Crippen molar-refractivity contribution in [2.24, 2.45) is 5.92 Å². The molecule has 0 saturated carbocycles. The van der Waals surface area contributed by atoms with Crippen molar-refractivity contribution < 1.29 is 4.79 Å². The van der Waals surface area contributed by atoms with Gasteiger partial charge in [0.15, 0.2) is 5.11 Å². The van der Waals surface area contributed by atoms with Crippen LogP contribution in [-0.2, 0) is 4.79 Å². The van der Waals surface area contributed by atoms with E-state index < -0.39 is 0 Å². The molecule has 2 N–H and O–H groups in total. The first-order chi connectivity index (χ1) is 12.0. The lowest BCUT2D eigenvalue weighted by Crippen LogP contribution is -2.34. The maximum absolute atomic E-state index is 11.8. The van der Waals surface area contributed by atoms with Gasteiger partial charge in [0.1, 0.15) is 0 Å². The maximum Gasteiger partial charge on any atom is 0.226 e. The largest absolute Gasteiger partial charge is 0.370 e. The lowest BCUT2D eigenvalue weighted by atomic mass is 9.99. The molecule has 1 saturated heterocycles. The van der Waals surface area contributed by atoms with Crippen LogP contribution in [0.2, 0.25) is 5.02 Å². The second-order valence-electron chi connectivity index (χ2n) is 6.80. The summed E-state index contributed by atoms with van der Waals surface area (Å²) in [5.74, 6) is 0.741. The summed E-state index contributed by atoms with van der Waals surface area (Å²) >= 11 is 11.7. The van der Waals surface area contributed by atoms with Gasteiger partial charge in [0.05, 0.1) is 10.7 Å². The number of nitrogens with zero attached hydrogens (tertiary/aromatic N) is 1. The summed E-state index contributed by atoms with van der Waals surface area (Å²) in [6.07, 6.45) is 5.94. The molecule has 1 aliphatic heterocycles. The minimum atomic E-state index is -0.0453. The van der Waals surface area contributed by atoms with Crippen LogP contribution >= 0.6 is 23.8 Å². The molecule has 1 amide bonds. The lowest BCUT2D eigenvalue weighted by molar-refractivity contribution is -0.119. The molecule has 0 atom stereocenters. The number of hydrogen-bond donors (Lipinski definition) is 2. The molecule has 0 unspecified atom stereocenters. The number of rotatable bonds is 6. The second-order valence-corrected chi connectivity index (χ2v) is 7.61. The van der Waals surface area contributed by atoms with Crippen LogP contribution in [0.15, 0.2) is 18.2 Å². The smallest absolute Gasteiger partial charge is 0.226 e. The number of benzene rings is 1. The first-order valence-electron chi connectivity index (χ1n) is 9.15. The van der Waals surface area contributed by atoms with Gasteiger partial charge in [-0.05, 0) is 55.6 Å². The predicted octanol–water partition coefficient (Wildman–Crippen LogP) is 4.97. The highest BCUT2D eigenvalue weighted by Crippen LogP contribution is 2.31. The molecule has 1 fully saturated rings. The molecule has 4 nitrogen and oxygen atoms in total. The maximum atomic E-state index is 11.8. The highest BCUT2D eigenvalue weighted by Gasteiger charge is 2.18. The van der Waals surface area contributed by atoms with Gasteiger partial charge in [-0.25, -0.2) is 0 Å². The molecule has 0 aliphatic carbocycles. The fourth-order valence-corrected chi connectivity index (χ4v) is 3.51. The standard InChI is InChI=1S/C19H28ClN3OS/c1-3-4-5-6-18(24)22-19(25)21-15-7-8-17(16(20)13-15)23-11-9-14(2)10-12-23/h7-8,13-14H,3-6,9-12H2,1-2H3,(H2,21,22,24,25). The van der Waals surface area contributed by atoms with Crippen molar-refractivity contribution in [2.75, 3.05) is 23.3 Å². The number of amides is 1. The Morgan fingerprint density at radius 3 is 2.68 bits per heavy atom. The van der Waals surface area contributed by atoms with E-state index in [1.807, 2.05) is 18.2 Å². The Hall–Kier alpha value is -1.33. The number of hydrogen-bond acceptors (Lipinski definition) is 3. The van der Waals surface area contributed by atoms with E-state index in [9.17, 15) is 4.79 Å². The van der Waals surface area contributed by atoms with E-state index >= 15 is 0 Å². The molecule has 0 spiro atoms. The number of nitrogens with one attached hydrogen (secondary N) is 2. The number of carbonyl (C=O) groups excluding carboxylic acids is 1. The third-order valence-corrected chi connectivity index (χ3v) is 5.10. The molecular formula is C19H28ClN3OS. The van der Waals surface area contributed by atoms with E-state index in [0.29, 0.717) is 16.6 Å². The van der Waals surface area contributed by atoms with Crippen molar-refractivity contribution in [1.82, 2.24) is 5.32 Å². The van der Waals surface area contributed by atoms with Crippen molar-refractivity contribution >= 4 is 46.2 Å². The summed E-state index contributed by atoms with van der Waals surface area (Å²) in [6.45, 7) is 6.49. The summed E-state index contributed by atoms with van der Waals surface area (Å²) in [5.41, 5.74) is 1.85. The summed E-state index contributed by atoms with van der Waals surface area (Å²) in [5, 5.41) is 6.78. The zero-order valence-electron chi connectivity index (χ0n) is 15.1. The van der Waals surface area contributed by atoms with Crippen LogP contribution in [0.4, 0.5) is 11.4 Å². The van der Waals surface area contributed by atoms with E-state index in [-0.39, 0.29) is 5.91 Å². The summed E-state index contributed by atoms with van der Waals surface area (Å²) in [4.78, 5) is 14.1. The molecule has 1 aromatic carbocycles. The minimum absolute atomic E-state index is 0.0453. The van der Waals surface area contributed by atoms with Gasteiger partial charge in [0, 0.05) is 25.2 Å². The van der Waals surface area contributed by atoms with E-state index in [1.54, 1.807) is 0 Å². The zero-order chi connectivity index (χ0) is 18.2. The van der Waals surface area contributed by atoms with E-state index in [1.165, 1.54) is 12.8 Å². The molecule has 1 heterocycles. The minimum Gasteiger partial charge on any atom is -0.370 e. The predicted molar refractivity (Wildman–Crippen MR) is 111 cm³/mol. The molecular weight excluding hydrogens is 354 g/mol. The van der Waals surface area contributed by atoms with Gasteiger partial charge in [0.25, 0.3) is 0 Å². The van der Waals surface area contributed by atoms with Crippen LogP contribution < -0.4 is 15.5 Å². The van der Waals surface area contributed by atoms with Crippen LogP contribution in [0.25, 0.3) is 0 Å². The first-order valence-corrected chi connectivity index (χ1v) is 9.93. The Kier molecular flexibility index (Phi) is 7.97. The molecule has 2 rings (SSSR count). The van der Waals surface area contributed by atoms with Gasteiger partial charge in [-0.15, -0.1) is 0 Å². The SMILES string of the molecule is CCCCCC(=O)NC(=S)Nc1ccc(N2CCC(C)CC2)c(Cl)c1. The molecule has 0 radical (unpaired) electrons. The fourth-order valence-electron chi connectivity index (χ4n) is 2.98. The number of thiocarbonyl (C=S) groups is 1. The van der Waals surface area contributed by atoms with Crippen molar-refractivity contribution in [3.63, 3.8) is 0 Å². The van der Waals surface area contributed by atoms with Crippen molar-refractivity contribution in [2.45, 2.75) is 52.4 Å². The Balaban J connectivity index is 1.87. The Morgan fingerprint density at radius 1 is 1.32 bits per heavy atom. The zero-order valence-corrected chi connectivity index (χ0v) is 16.7. The highest BCUT2D eigenvalue weighted by molar-refractivity contribution is 7.80. The van der Waals surface area contributed by atoms with Gasteiger partial charge in [-0.1, -0.05) is 38.3 Å². The number of unbranched alkanes of at least 4 members (excludes halogenated alkanes) is 2. The Morgan fingerprint density at radius 2 is 2.04 bits per heavy atom. The van der Waals surface area contributed by atoms with E-state index in [4.69, 9.17) is 23.8 Å². The van der Waals surface area contributed by atoms with Gasteiger partial charge >= 0.3 is 0 Å². The summed E-state index contributed by atoms with van der Waals surface area (Å²) < 4.78 is 0. The number of halogens is 1. The average molecular weight is 382 g/mol. The molecule has 0 aromatic heterocycles. The summed E-state index contributed by atoms with van der Waals surface area (Å²) in [7, 11) is 0.